The fraction of sp³-hybridized carbons (Fsp3) is 0.148. The van der Waals surface area contributed by atoms with E-state index in [0.717, 1.165) is 17.4 Å². The van der Waals surface area contributed by atoms with Crippen molar-refractivity contribution in [1.29, 1.82) is 0 Å². The number of hydrogen-bond acceptors (Lipinski definition) is 5. The van der Waals surface area contributed by atoms with Crippen molar-refractivity contribution in [3.05, 3.63) is 89.7 Å². The van der Waals surface area contributed by atoms with E-state index in [-0.39, 0.29) is 22.7 Å². The molecule has 178 valence electrons. The summed E-state index contributed by atoms with van der Waals surface area (Å²) in [6, 6.07) is 21.5. The first kappa shape index (κ1) is 24.0. The largest absolute Gasteiger partial charge is 0.494 e. The Kier molecular flexibility index (Phi) is 7.42. The summed E-state index contributed by atoms with van der Waals surface area (Å²) in [5, 5.41) is 9.56. The number of anilines is 2. The summed E-state index contributed by atoms with van der Waals surface area (Å²) in [6.45, 7) is 4.46. The number of furan rings is 1. The molecule has 2 amide bonds. The second kappa shape index (κ2) is 10.8. The van der Waals surface area contributed by atoms with E-state index in [2.05, 4.69) is 16.0 Å². The van der Waals surface area contributed by atoms with Crippen LogP contribution >= 0.6 is 12.2 Å². The van der Waals surface area contributed by atoms with Crippen molar-refractivity contribution in [1.82, 2.24) is 5.32 Å². The van der Waals surface area contributed by atoms with E-state index in [1.807, 2.05) is 44.2 Å². The molecular weight excluding hydrogens is 462 g/mol. The Labute approximate surface area is 208 Å². The molecule has 0 saturated carbocycles. The van der Waals surface area contributed by atoms with Gasteiger partial charge in [0.2, 0.25) is 0 Å². The lowest BCUT2D eigenvalue weighted by Crippen LogP contribution is -2.34. The second-order valence-electron chi connectivity index (χ2n) is 7.92. The van der Waals surface area contributed by atoms with E-state index < -0.39 is 0 Å². The molecule has 0 aliphatic heterocycles. The van der Waals surface area contributed by atoms with Crippen LogP contribution < -0.4 is 20.7 Å². The zero-order chi connectivity index (χ0) is 24.8. The lowest BCUT2D eigenvalue weighted by Gasteiger charge is -2.13. The first-order chi connectivity index (χ1) is 16.9. The number of carbonyl (C=O) groups excluding carboxylic acids is 2. The number of amides is 2. The van der Waals surface area contributed by atoms with Gasteiger partial charge in [-0.15, -0.1) is 0 Å². The number of nitrogens with one attached hydrogen (secondary N) is 3. The standard InChI is InChI=1S/C27H25N3O4S/c1-3-13-33-21-9-6-8-19(15-21)25(31)30-27(35)28-20-11-12-22(17(2)14-20)29-26(32)24-16-18-7-4-5-10-23(18)34-24/h4-12,14-16H,3,13H2,1-2H3,(H,29,32)(H2,28,30,31,35). The number of rotatable bonds is 7. The molecule has 4 rings (SSSR count). The Balaban J connectivity index is 1.36. The fourth-order valence-corrected chi connectivity index (χ4v) is 3.65. The Hall–Kier alpha value is -4.17. The van der Waals surface area contributed by atoms with Crippen LogP contribution in [0, 0.1) is 6.92 Å². The molecule has 7 nitrogen and oxygen atoms in total. The summed E-state index contributed by atoms with van der Waals surface area (Å²) in [5.74, 6) is 0.198. The van der Waals surface area contributed by atoms with Gasteiger partial charge >= 0.3 is 0 Å². The summed E-state index contributed by atoms with van der Waals surface area (Å²) in [5.41, 5.74) is 3.23. The predicted molar refractivity (Wildman–Crippen MR) is 141 cm³/mol. The van der Waals surface area contributed by atoms with Crippen LogP contribution in [0.1, 0.15) is 39.8 Å². The highest BCUT2D eigenvalue weighted by atomic mass is 32.1. The lowest BCUT2D eigenvalue weighted by atomic mass is 10.1. The molecule has 0 atom stereocenters. The van der Waals surface area contributed by atoms with Crippen molar-refractivity contribution >= 4 is 51.5 Å². The Morgan fingerprint density at radius 2 is 1.77 bits per heavy atom. The van der Waals surface area contributed by atoms with Crippen LogP contribution in [0.3, 0.4) is 0 Å². The Morgan fingerprint density at radius 3 is 2.54 bits per heavy atom. The third-order valence-electron chi connectivity index (χ3n) is 5.18. The van der Waals surface area contributed by atoms with Gasteiger partial charge in [0.1, 0.15) is 11.3 Å². The molecule has 4 aromatic rings. The average molecular weight is 488 g/mol. The van der Waals surface area contributed by atoms with Crippen molar-refractivity contribution in [2.24, 2.45) is 0 Å². The van der Waals surface area contributed by atoms with Crippen molar-refractivity contribution < 1.29 is 18.7 Å². The maximum absolute atomic E-state index is 12.6. The molecule has 35 heavy (non-hydrogen) atoms. The van der Waals surface area contributed by atoms with Gasteiger partial charge in [-0.3, -0.25) is 14.9 Å². The van der Waals surface area contributed by atoms with Crippen LogP contribution in [-0.2, 0) is 0 Å². The number of ether oxygens (including phenoxy) is 1. The number of hydrogen-bond donors (Lipinski definition) is 3. The molecule has 0 radical (unpaired) electrons. The molecule has 0 spiro atoms. The Morgan fingerprint density at radius 1 is 0.943 bits per heavy atom. The monoisotopic (exact) mass is 487 g/mol. The van der Waals surface area contributed by atoms with Crippen LogP contribution in [0.15, 0.2) is 77.2 Å². The van der Waals surface area contributed by atoms with Gasteiger partial charge < -0.3 is 19.8 Å². The summed E-state index contributed by atoms with van der Waals surface area (Å²) in [4.78, 5) is 25.2. The molecule has 0 bridgehead atoms. The molecule has 1 heterocycles. The highest BCUT2D eigenvalue weighted by molar-refractivity contribution is 7.80. The quantitative estimate of drug-likeness (QED) is 0.281. The van der Waals surface area contributed by atoms with Crippen LogP contribution in [0.2, 0.25) is 0 Å². The van der Waals surface area contributed by atoms with Crippen LogP contribution in [0.4, 0.5) is 11.4 Å². The van der Waals surface area contributed by atoms with Gasteiger partial charge in [-0.1, -0.05) is 31.2 Å². The molecule has 3 aromatic carbocycles. The molecule has 0 saturated heterocycles. The normalized spacial score (nSPS) is 10.6. The number of para-hydroxylation sites is 1. The summed E-state index contributed by atoms with van der Waals surface area (Å²) < 4.78 is 11.2. The third-order valence-corrected chi connectivity index (χ3v) is 5.38. The summed E-state index contributed by atoms with van der Waals surface area (Å²) in [6.07, 6.45) is 0.881. The predicted octanol–water partition coefficient (Wildman–Crippen LogP) is 5.91. The van der Waals surface area contributed by atoms with Gasteiger partial charge in [-0.2, -0.15) is 0 Å². The number of benzene rings is 3. The van der Waals surface area contributed by atoms with Gasteiger partial charge in [0.25, 0.3) is 11.8 Å². The first-order valence-corrected chi connectivity index (χ1v) is 11.6. The van der Waals surface area contributed by atoms with Gasteiger partial charge in [0.05, 0.1) is 6.61 Å². The Bertz CT molecular complexity index is 1360. The van der Waals surface area contributed by atoms with Gasteiger partial charge in [0, 0.05) is 22.3 Å². The van der Waals surface area contributed by atoms with E-state index in [0.29, 0.717) is 34.9 Å². The zero-order valence-electron chi connectivity index (χ0n) is 19.4. The highest BCUT2D eigenvalue weighted by Gasteiger charge is 2.14. The van der Waals surface area contributed by atoms with Crippen molar-refractivity contribution in [2.75, 3.05) is 17.2 Å². The number of carbonyl (C=O) groups is 2. The van der Waals surface area contributed by atoms with Gasteiger partial charge in [-0.25, -0.2) is 0 Å². The van der Waals surface area contributed by atoms with Crippen LogP contribution in [0.25, 0.3) is 11.0 Å². The van der Waals surface area contributed by atoms with Crippen LogP contribution in [-0.4, -0.2) is 23.5 Å². The first-order valence-electron chi connectivity index (χ1n) is 11.2. The highest BCUT2D eigenvalue weighted by Crippen LogP contribution is 2.23. The molecule has 0 fully saturated rings. The minimum Gasteiger partial charge on any atom is -0.494 e. The molecule has 0 unspecified atom stereocenters. The average Bonchev–Trinajstić information content (AvgIpc) is 3.29. The van der Waals surface area contributed by atoms with E-state index >= 15 is 0 Å². The van der Waals surface area contributed by atoms with E-state index in [4.69, 9.17) is 21.4 Å². The second-order valence-corrected chi connectivity index (χ2v) is 8.33. The van der Waals surface area contributed by atoms with E-state index in [1.54, 1.807) is 42.5 Å². The molecule has 3 N–H and O–H groups in total. The summed E-state index contributed by atoms with van der Waals surface area (Å²) >= 11 is 5.30. The molecular formula is C27H25N3O4S. The van der Waals surface area contributed by atoms with E-state index in [1.165, 1.54) is 0 Å². The third kappa shape index (κ3) is 6.04. The van der Waals surface area contributed by atoms with Gasteiger partial charge in [0.15, 0.2) is 10.9 Å². The summed E-state index contributed by atoms with van der Waals surface area (Å²) in [7, 11) is 0. The smallest absolute Gasteiger partial charge is 0.291 e. The molecule has 0 aliphatic rings. The van der Waals surface area contributed by atoms with Crippen molar-refractivity contribution in [3.8, 4) is 5.75 Å². The molecule has 0 aliphatic carbocycles. The minimum atomic E-state index is -0.337. The number of thiocarbonyl (C=S) groups is 1. The van der Waals surface area contributed by atoms with Crippen molar-refractivity contribution in [3.63, 3.8) is 0 Å². The minimum absolute atomic E-state index is 0.161. The van der Waals surface area contributed by atoms with Gasteiger partial charge in [-0.05, 0) is 79.7 Å². The lowest BCUT2D eigenvalue weighted by molar-refractivity contribution is 0.0974. The SMILES string of the molecule is CCCOc1cccc(C(=O)NC(=S)Nc2ccc(NC(=O)c3cc4ccccc4o3)c(C)c2)c1. The maximum Gasteiger partial charge on any atom is 0.291 e. The number of aryl methyl sites for hydroxylation is 1. The molecule has 1 aromatic heterocycles. The van der Waals surface area contributed by atoms with Crippen molar-refractivity contribution in [2.45, 2.75) is 20.3 Å². The van der Waals surface area contributed by atoms with E-state index in [9.17, 15) is 9.59 Å². The fourth-order valence-electron chi connectivity index (χ4n) is 3.44. The van der Waals surface area contributed by atoms with Crippen LogP contribution in [0.5, 0.6) is 5.75 Å². The number of fused-ring (bicyclic) bond motifs is 1. The zero-order valence-corrected chi connectivity index (χ0v) is 20.2. The topological polar surface area (TPSA) is 92.6 Å². The molecule has 8 heteroatoms. The maximum atomic E-state index is 12.6.